The van der Waals surface area contributed by atoms with Crippen molar-refractivity contribution in [2.24, 2.45) is 11.8 Å². The Labute approximate surface area is 365 Å². The Morgan fingerprint density at radius 1 is 0.921 bits per heavy atom. The first-order valence-electron chi connectivity index (χ1n) is 22.3. The second-order valence-electron chi connectivity index (χ2n) is 18.4. The number of piperidine rings is 2. The van der Waals surface area contributed by atoms with Crippen LogP contribution in [0.25, 0.3) is 10.9 Å². The van der Waals surface area contributed by atoms with Gasteiger partial charge in [0.2, 0.25) is 11.8 Å². The molecule has 15 nitrogen and oxygen atoms in total. The fraction of sp³-hybridized carbons (Fsp3) is 0.511. The van der Waals surface area contributed by atoms with E-state index in [4.69, 9.17) is 14.6 Å². The third kappa shape index (κ3) is 8.92. The van der Waals surface area contributed by atoms with Crippen molar-refractivity contribution >= 4 is 51.8 Å². The average Bonchev–Trinajstić information content (AvgIpc) is 3.79. The van der Waals surface area contributed by atoms with Gasteiger partial charge in [0, 0.05) is 49.0 Å². The molecule has 1 unspecified atom stereocenters. The number of hydrogen-bond acceptors (Lipinski definition) is 11. The van der Waals surface area contributed by atoms with E-state index in [1.54, 1.807) is 43.5 Å². The second kappa shape index (κ2) is 17.4. The van der Waals surface area contributed by atoms with Crippen molar-refractivity contribution in [1.29, 1.82) is 0 Å². The topological polar surface area (TPSA) is 177 Å². The Hall–Kier alpha value is -5.74. The second-order valence-corrected chi connectivity index (χ2v) is 18.4. The summed E-state index contributed by atoms with van der Waals surface area (Å²) in [4.78, 5) is 71.8. The molecule has 2 aliphatic carbocycles. The summed E-state index contributed by atoms with van der Waals surface area (Å²) in [5, 5.41) is 14.4. The molecule has 2 saturated carbocycles. The normalized spacial score (nSPS) is 24.6. The van der Waals surface area contributed by atoms with Crippen LogP contribution in [0.2, 0.25) is 0 Å². The molecule has 3 aliphatic heterocycles. The number of benzene rings is 2. The largest absolute Gasteiger partial charge is 0.494 e. The fourth-order valence-electron chi connectivity index (χ4n) is 9.84. The molecule has 3 N–H and O–H groups in total. The number of rotatable bonds is 13. The molecule has 5 aliphatic rings. The lowest BCUT2D eigenvalue weighted by Gasteiger charge is -2.39. The third-order valence-corrected chi connectivity index (χ3v) is 13.6. The molecule has 2 saturated heterocycles. The monoisotopic (exact) mass is 862 g/mol. The molecule has 4 aromatic rings. The minimum absolute atomic E-state index is 0.0822. The maximum absolute atomic E-state index is 14.5. The number of anilines is 2. The van der Waals surface area contributed by atoms with Gasteiger partial charge in [-0.1, -0.05) is 12.1 Å². The summed E-state index contributed by atoms with van der Waals surface area (Å²) in [6.45, 7) is 6.82. The molecule has 0 spiro atoms. The van der Waals surface area contributed by atoms with Crippen molar-refractivity contribution in [2.45, 2.75) is 108 Å². The van der Waals surface area contributed by atoms with Crippen molar-refractivity contribution < 1.29 is 37.8 Å². The van der Waals surface area contributed by atoms with Gasteiger partial charge in [-0.3, -0.25) is 38.9 Å². The number of nitrogens with one attached hydrogen (secondary N) is 3. The molecular weight excluding hydrogens is 808 g/mol. The van der Waals surface area contributed by atoms with E-state index in [2.05, 4.69) is 30.5 Å². The molecule has 2 aromatic heterocycles. The number of pyridine rings is 1. The van der Waals surface area contributed by atoms with Crippen molar-refractivity contribution in [3.8, 4) is 5.75 Å². The van der Waals surface area contributed by atoms with Crippen LogP contribution in [0.4, 0.5) is 15.8 Å². The Balaban J connectivity index is 0.696. The number of fused-ring (bicyclic) bond motifs is 2. The van der Waals surface area contributed by atoms with E-state index in [0.717, 1.165) is 93.4 Å². The van der Waals surface area contributed by atoms with Gasteiger partial charge in [-0.2, -0.15) is 5.10 Å². The summed E-state index contributed by atoms with van der Waals surface area (Å²) < 4.78 is 28.6. The van der Waals surface area contributed by atoms with Crippen LogP contribution in [0.3, 0.4) is 0 Å². The summed E-state index contributed by atoms with van der Waals surface area (Å²) in [6.07, 6.45) is 10.6. The van der Waals surface area contributed by atoms with Crippen LogP contribution in [-0.2, 0) is 20.0 Å². The zero-order valence-corrected chi connectivity index (χ0v) is 36.0. The SMILES string of the molecule is COc1cc2nn(C3CCC(CN4CCC(COC5CC(Nc6cccc7c6C(=O)N(C6CCC(=O)NC6=O)C7=O)C5)CC4)CC3)cc2cc1NC(=O)c1cccc(C(C)(C)F)n1. The lowest BCUT2D eigenvalue weighted by atomic mass is 9.85. The number of methoxy groups -OCH3 is 1. The first kappa shape index (κ1) is 42.6. The van der Waals surface area contributed by atoms with Crippen LogP contribution >= 0.6 is 0 Å². The fourth-order valence-corrected chi connectivity index (χ4v) is 9.84. The van der Waals surface area contributed by atoms with Gasteiger partial charge in [-0.25, -0.2) is 9.37 Å². The van der Waals surface area contributed by atoms with Gasteiger partial charge in [0.1, 0.15) is 23.2 Å². The predicted octanol–water partition coefficient (Wildman–Crippen LogP) is 6.40. The number of nitrogens with zero attached hydrogens (tertiary/aromatic N) is 5. The van der Waals surface area contributed by atoms with Crippen LogP contribution < -0.4 is 20.7 Å². The van der Waals surface area contributed by atoms with E-state index in [0.29, 0.717) is 35.0 Å². The molecule has 63 heavy (non-hydrogen) atoms. The van der Waals surface area contributed by atoms with Gasteiger partial charge >= 0.3 is 0 Å². The standard InChI is InChI=1S/C47H55FN8O7/c1-47(2,48)40-9-5-8-35(50-40)43(58)51-37-20-29-25-55(53-36(29)23-39(37)62-3)31-12-10-27(11-13-31)24-54-18-16-28(17-19-54)26-63-32-21-30(22-32)49-34-7-4-6-33-42(34)46(61)56(45(33)60)38-14-15-41(57)52-44(38)59/h4-9,20,23,25,27-28,30-32,38,49H,10-19,21-22,24,26H2,1-3H3,(H,51,58)(H,52,57,59). The van der Waals surface area contributed by atoms with Crippen LogP contribution in [0.15, 0.2) is 54.7 Å². The van der Waals surface area contributed by atoms with Crippen molar-refractivity contribution in [2.75, 3.05) is 44.0 Å². The minimum Gasteiger partial charge on any atom is -0.494 e. The summed E-state index contributed by atoms with van der Waals surface area (Å²) >= 11 is 0. The van der Waals surface area contributed by atoms with Crippen molar-refractivity contribution in [3.05, 3.63) is 77.2 Å². The van der Waals surface area contributed by atoms with E-state index in [1.807, 2.05) is 18.3 Å². The Morgan fingerprint density at radius 3 is 2.41 bits per heavy atom. The van der Waals surface area contributed by atoms with Gasteiger partial charge in [-0.05, 0) is 127 Å². The van der Waals surface area contributed by atoms with Gasteiger partial charge in [0.25, 0.3) is 17.7 Å². The molecule has 9 rings (SSSR count). The van der Waals surface area contributed by atoms with Crippen molar-refractivity contribution in [1.82, 2.24) is 29.9 Å². The highest BCUT2D eigenvalue weighted by Crippen LogP contribution is 2.38. The first-order chi connectivity index (χ1) is 30.3. The summed E-state index contributed by atoms with van der Waals surface area (Å²) in [5.41, 5.74) is 1.08. The van der Waals surface area contributed by atoms with E-state index in [9.17, 15) is 28.4 Å². The zero-order chi connectivity index (χ0) is 44.0. The number of likely N-dealkylation sites (tertiary alicyclic amines) is 1. The average molecular weight is 863 g/mol. The van der Waals surface area contributed by atoms with E-state index in [1.165, 1.54) is 13.8 Å². The van der Waals surface area contributed by atoms with Crippen LogP contribution in [-0.4, -0.2) is 106 Å². The van der Waals surface area contributed by atoms with E-state index >= 15 is 0 Å². The molecular formula is C47H55FN8O7. The highest BCUT2D eigenvalue weighted by molar-refractivity contribution is 6.25. The molecule has 4 fully saturated rings. The number of imide groups is 2. The third-order valence-electron chi connectivity index (χ3n) is 13.6. The number of carbonyl (C=O) groups excluding carboxylic acids is 5. The molecule has 0 radical (unpaired) electrons. The lowest BCUT2D eigenvalue weighted by molar-refractivity contribution is -0.136. The van der Waals surface area contributed by atoms with Crippen LogP contribution in [0.5, 0.6) is 5.75 Å². The highest BCUT2D eigenvalue weighted by Gasteiger charge is 2.46. The Morgan fingerprint density at radius 2 is 1.68 bits per heavy atom. The molecule has 0 bridgehead atoms. The molecule has 1 atom stereocenters. The smallest absolute Gasteiger partial charge is 0.274 e. The zero-order valence-electron chi connectivity index (χ0n) is 36.0. The number of amides is 5. The summed E-state index contributed by atoms with van der Waals surface area (Å²) in [6, 6.07) is 13.0. The van der Waals surface area contributed by atoms with Gasteiger partial charge in [0.15, 0.2) is 0 Å². The summed E-state index contributed by atoms with van der Waals surface area (Å²) in [5.74, 6) is -0.810. The minimum atomic E-state index is -1.67. The van der Waals surface area contributed by atoms with Gasteiger partial charge in [0.05, 0.1) is 47.3 Å². The first-order valence-corrected chi connectivity index (χ1v) is 22.3. The number of ether oxygens (including phenoxy) is 2. The van der Waals surface area contributed by atoms with E-state index < -0.39 is 41.2 Å². The molecule has 332 valence electrons. The maximum atomic E-state index is 14.5. The van der Waals surface area contributed by atoms with Gasteiger partial charge < -0.3 is 25.0 Å². The van der Waals surface area contributed by atoms with Crippen LogP contribution in [0, 0.1) is 11.8 Å². The number of carbonyl (C=O) groups is 5. The number of alkyl halides is 1. The number of halogens is 1. The van der Waals surface area contributed by atoms with Crippen LogP contribution in [0.1, 0.15) is 121 Å². The number of aromatic nitrogens is 3. The summed E-state index contributed by atoms with van der Waals surface area (Å²) in [7, 11) is 1.55. The lowest BCUT2D eigenvalue weighted by Crippen LogP contribution is -2.54. The molecule has 5 heterocycles. The molecule has 5 amide bonds. The predicted molar refractivity (Wildman–Crippen MR) is 232 cm³/mol. The van der Waals surface area contributed by atoms with E-state index in [-0.39, 0.29) is 47.5 Å². The highest BCUT2D eigenvalue weighted by atomic mass is 19.1. The molecule has 16 heteroatoms. The maximum Gasteiger partial charge on any atom is 0.274 e. The number of hydrogen-bond donors (Lipinski definition) is 3. The van der Waals surface area contributed by atoms with Crippen molar-refractivity contribution in [3.63, 3.8) is 0 Å². The van der Waals surface area contributed by atoms with Gasteiger partial charge in [-0.15, -0.1) is 0 Å². The Bertz CT molecular complexity index is 2430. The quantitative estimate of drug-likeness (QED) is 0.127. The Kier molecular flexibility index (Phi) is 11.8. The molecule has 2 aromatic carbocycles.